The van der Waals surface area contributed by atoms with E-state index in [1.807, 2.05) is 12.1 Å². The van der Waals surface area contributed by atoms with Gasteiger partial charge in [0.2, 0.25) is 0 Å². The van der Waals surface area contributed by atoms with Crippen LogP contribution in [0.3, 0.4) is 0 Å². The zero-order valence-corrected chi connectivity index (χ0v) is 14.9. The van der Waals surface area contributed by atoms with Gasteiger partial charge in [0.1, 0.15) is 5.75 Å². The summed E-state index contributed by atoms with van der Waals surface area (Å²) in [6, 6.07) is 8.21. The maximum absolute atomic E-state index is 6.23. The molecule has 0 amide bonds. The molecule has 1 aliphatic carbocycles. The SMILES string of the molecule is CC1(C)OB(c2cccc(OC3CCCCCC3)c2)OC1(C)C. The first-order valence-corrected chi connectivity index (χ1v) is 9.00. The Hall–Kier alpha value is -0.995. The van der Waals surface area contributed by atoms with Crippen LogP contribution in [0, 0.1) is 0 Å². The number of ether oxygens (including phenoxy) is 1. The zero-order chi connectivity index (χ0) is 16.5. The molecule has 2 aliphatic rings. The summed E-state index contributed by atoms with van der Waals surface area (Å²) >= 11 is 0. The van der Waals surface area contributed by atoms with Crippen LogP contribution in [0.15, 0.2) is 24.3 Å². The first-order valence-electron chi connectivity index (χ1n) is 9.00. The second-order valence-corrected chi connectivity index (χ2v) is 7.89. The lowest BCUT2D eigenvalue weighted by atomic mass is 9.79. The molecule has 1 aromatic carbocycles. The van der Waals surface area contributed by atoms with Crippen molar-refractivity contribution in [3.63, 3.8) is 0 Å². The molecule has 1 aromatic rings. The molecule has 1 saturated carbocycles. The topological polar surface area (TPSA) is 27.7 Å². The Morgan fingerprint density at radius 3 is 2.17 bits per heavy atom. The molecule has 126 valence electrons. The van der Waals surface area contributed by atoms with E-state index in [1.165, 1.54) is 38.5 Å². The van der Waals surface area contributed by atoms with Gasteiger partial charge in [-0.3, -0.25) is 0 Å². The molecule has 0 radical (unpaired) electrons. The van der Waals surface area contributed by atoms with E-state index >= 15 is 0 Å². The normalized spacial score (nSPS) is 24.4. The van der Waals surface area contributed by atoms with Crippen molar-refractivity contribution in [1.29, 1.82) is 0 Å². The highest BCUT2D eigenvalue weighted by atomic mass is 16.7. The van der Waals surface area contributed by atoms with Crippen LogP contribution in [0.5, 0.6) is 5.75 Å². The minimum Gasteiger partial charge on any atom is -0.490 e. The third kappa shape index (κ3) is 3.75. The van der Waals surface area contributed by atoms with Crippen molar-refractivity contribution in [2.45, 2.75) is 83.5 Å². The molecule has 0 N–H and O–H groups in total. The highest BCUT2D eigenvalue weighted by Crippen LogP contribution is 2.36. The molecule has 3 rings (SSSR count). The van der Waals surface area contributed by atoms with Crippen LogP contribution < -0.4 is 10.2 Å². The van der Waals surface area contributed by atoms with Crippen molar-refractivity contribution in [2.24, 2.45) is 0 Å². The summed E-state index contributed by atoms with van der Waals surface area (Å²) in [7, 11) is -0.322. The van der Waals surface area contributed by atoms with Gasteiger partial charge in [0.15, 0.2) is 0 Å². The van der Waals surface area contributed by atoms with Gasteiger partial charge in [-0.2, -0.15) is 0 Å². The van der Waals surface area contributed by atoms with Gasteiger partial charge >= 0.3 is 7.12 Å². The van der Waals surface area contributed by atoms with Gasteiger partial charge in [-0.25, -0.2) is 0 Å². The van der Waals surface area contributed by atoms with Gasteiger partial charge in [-0.1, -0.05) is 25.0 Å². The Morgan fingerprint density at radius 1 is 0.957 bits per heavy atom. The highest BCUT2D eigenvalue weighted by molar-refractivity contribution is 6.62. The number of hydrogen-bond acceptors (Lipinski definition) is 3. The Bertz CT molecular complexity index is 517. The second kappa shape index (κ2) is 6.48. The summed E-state index contributed by atoms with van der Waals surface area (Å²) in [5.41, 5.74) is 0.417. The highest BCUT2D eigenvalue weighted by Gasteiger charge is 2.51. The summed E-state index contributed by atoms with van der Waals surface area (Å²) < 4.78 is 18.5. The summed E-state index contributed by atoms with van der Waals surface area (Å²) in [5.74, 6) is 0.934. The van der Waals surface area contributed by atoms with Crippen molar-refractivity contribution >= 4 is 12.6 Å². The molecular weight excluding hydrogens is 287 g/mol. The molecule has 23 heavy (non-hydrogen) atoms. The second-order valence-electron chi connectivity index (χ2n) is 7.89. The first kappa shape index (κ1) is 16.8. The van der Waals surface area contributed by atoms with Gasteiger partial charge < -0.3 is 14.0 Å². The van der Waals surface area contributed by atoms with E-state index in [-0.39, 0.29) is 18.3 Å². The van der Waals surface area contributed by atoms with Crippen molar-refractivity contribution in [3.05, 3.63) is 24.3 Å². The minimum atomic E-state index is -0.322. The first-order chi connectivity index (χ1) is 10.9. The molecule has 3 nitrogen and oxygen atoms in total. The lowest BCUT2D eigenvalue weighted by Crippen LogP contribution is -2.41. The quantitative estimate of drug-likeness (QED) is 0.621. The standard InChI is InChI=1S/C19H29BO3/c1-18(2)19(3,4)23-20(22-18)15-10-9-13-17(14-15)21-16-11-7-5-6-8-12-16/h9-10,13-14,16H,5-8,11-12H2,1-4H3. The van der Waals surface area contributed by atoms with Crippen LogP contribution in [-0.2, 0) is 9.31 Å². The molecule has 2 fully saturated rings. The van der Waals surface area contributed by atoms with E-state index in [0.717, 1.165) is 11.2 Å². The van der Waals surface area contributed by atoms with Gasteiger partial charge in [-0.05, 0) is 71.0 Å². The lowest BCUT2D eigenvalue weighted by Gasteiger charge is -2.32. The van der Waals surface area contributed by atoms with Crippen LogP contribution in [0.2, 0.25) is 0 Å². The Morgan fingerprint density at radius 2 is 1.57 bits per heavy atom. The predicted octanol–water partition coefficient (Wildman–Crippen LogP) is 4.09. The maximum atomic E-state index is 6.23. The Labute approximate surface area is 140 Å². The van der Waals surface area contributed by atoms with Crippen LogP contribution in [0.25, 0.3) is 0 Å². The molecule has 1 aliphatic heterocycles. The van der Waals surface area contributed by atoms with Gasteiger partial charge in [0.25, 0.3) is 0 Å². The fourth-order valence-corrected chi connectivity index (χ4v) is 3.27. The molecule has 0 aromatic heterocycles. The van der Waals surface area contributed by atoms with E-state index in [0.29, 0.717) is 6.10 Å². The van der Waals surface area contributed by atoms with Gasteiger partial charge in [-0.15, -0.1) is 0 Å². The van der Waals surface area contributed by atoms with E-state index in [1.54, 1.807) is 0 Å². The van der Waals surface area contributed by atoms with Crippen molar-refractivity contribution in [2.75, 3.05) is 0 Å². The van der Waals surface area contributed by atoms with E-state index < -0.39 is 0 Å². The average molecular weight is 316 g/mol. The predicted molar refractivity (Wildman–Crippen MR) is 94.3 cm³/mol. The molecule has 1 saturated heterocycles. The molecule has 0 bridgehead atoms. The summed E-state index contributed by atoms with van der Waals surface area (Å²) in [5, 5.41) is 0. The van der Waals surface area contributed by atoms with Crippen LogP contribution in [-0.4, -0.2) is 24.4 Å². The van der Waals surface area contributed by atoms with Crippen molar-refractivity contribution in [3.8, 4) is 5.75 Å². The number of hydrogen-bond donors (Lipinski definition) is 0. The number of rotatable bonds is 3. The fourth-order valence-electron chi connectivity index (χ4n) is 3.27. The monoisotopic (exact) mass is 316 g/mol. The molecular formula is C19H29BO3. The summed E-state index contributed by atoms with van der Waals surface area (Å²) in [4.78, 5) is 0. The summed E-state index contributed by atoms with van der Waals surface area (Å²) in [6.07, 6.45) is 7.93. The smallest absolute Gasteiger partial charge is 0.490 e. The van der Waals surface area contributed by atoms with Crippen LogP contribution >= 0.6 is 0 Å². The van der Waals surface area contributed by atoms with E-state index in [9.17, 15) is 0 Å². The van der Waals surface area contributed by atoms with Gasteiger partial charge in [0, 0.05) is 0 Å². The molecule has 0 unspecified atom stereocenters. The molecule has 4 heteroatoms. The Balaban J connectivity index is 1.70. The van der Waals surface area contributed by atoms with Crippen molar-refractivity contribution in [1.82, 2.24) is 0 Å². The molecule has 0 atom stereocenters. The third-order valence-electron chi connectivity index (χ3n) is 5.49. The number of benzene rings is 1. The third-order valence-corrected chi connectivity index (χ3v) is 5.49. The summed E-state index contributed by atoms with van der Waals surface area (Å²) in [6.45, 7) is 8.33. The minimum absolute atomic E-state index is 0.310. The van der Waals surface area contributed by atoms with Crippen LogP contribution in [0.4, 0.5) is 0 Å². The van der Waals surface area contributed by atoms with Crippen LogP contribution in [0.1, 0.15) is 66.2 Å². The largest absolute Gasteiger partial charge is 0.494 e. The Kier molecular flexibility index (Phi) is 4.75. The fraction of sp³-hybridized carbons (Fsp3) is 0.684. The zero-order valence-electron chi connectivity index (χ0n) is 14.9. The lowest BCUT2D eigenvalue weighted by molar-refractivity contribution is 0.00578. The molecule has 0 spiro atoms. The molecule has 1 heterocycles. The average Bonchev–Trinajstić information content (AvgIpc) is 2.67. The maximum Gasteiger partial charge on any atom is 0.494 e. The van der Waals surface area contributed by atoms with Crippen molar-refractivity contribution < 1.29 is 14.0 Å². The van der Waals surface area contributed by atoms with E-state index in [4.69, 9.17) is 14.0 Å². The van der Waals surface area contributed by atoms with Gasteiger partial charge in [0.05, 0.1) is 17.3 Å². The van der Waals surface area contributed by atoms with E-state index in [2.05, 4.69) is 39.8 Å².